The van der Waals surface area contributed by atoms with Crippen molar-refractivity contribution in [1.29, 1.82) is 0 Å². The maximum atomic E-state index is 13.4. The van der Waals surface area contributed by atoms with Gasteiger partial charge in [-0.15, -0.1) is 0 Å². The Balaban J connectivity index is 2.53. The van der Waals surface area contributed by atoms with Gasteiger partial charge in [0.25, 0.3) is 0 Å². The van der Waals surface area contributed by atoms with E-state index in [9.17, 15) is 26.7 Å². The lowest BCUT2D eigenvalue weighted by Crippen LogP contribution is -2.20. The molecule has 98 valence electrons. The Bertz CT molecular complexity index is 482. The molecule has 1 nitrogen and oxygen atoms in total. The minimum Gasteiger partial charge on any atom is -0.293 e. The van der Waals surface area contributed by atoms with Crippen molar-refractivity contribution in [3.8, 4) is 0 Å². The Labute approximate surface area is 103 Å². The van der Waals surface area contributed by atoms with E-state index in [1.165, 1.54) is 0 Å². The highest BCUT2D eigenvalue weighted by Gasteiger charge is 2.34. The van der Waals surface area contributed by atoms with Crippen LogP contribution in [-0.4, -0.2) is 16.8 Å². The summed E-state index contributed by atoms with van der Waals surface area (Å²) in [6, 6.07) is 0. The van der Waals surface area contributed by atoms with Gasteiger partial charge in [0.1, 0.15) is 0 Å². The molecule has 0 bridgehead atoms. The number of hydrogen-bond acceptors (Lipinski definition) is 2. The van der Waals surface area contributed by atoms with Gasteiger partial charge in [-0.25, -0.2) is 22.0 Å². The summed E-state index contributed by atoms with van der Waals surface area (Å²) in [6.45, 7) is 0. The topological polar surface area (TPSA) is 17.1 Å². The normalized spacial score (nSPS) is 19.3. The van der Waals surface area contributed by atoms with Gasteiger partial charge in [-0.05, 0) is 18.6 Å². The second-order valence-electron chi connectivity index (χ2n) is 3.81. The predicted molar refractivity (Wildman–Crippen MR) is 56.0 cm³/mol. The van der Waals surface area contributed by atoms with Crippen LogP contribution < -0.4 is 0 Å². The quantitative estimate of drug-likeness (QED) is 0.357. The molecule has 1 aromatic carbocycles. The predicted octanol–water partition coefficient (Wildman–Crippen LogP) is 3.46. The van der Waals surface area contributed by atoms with Crippen LogP contribution >= 0.6 is 11.8 Å². The van der Waals surface area contributed by atoms with Crippen molar-refractivity contribution in [2.24, 2.45) is 0 Å². The second-order valence-corrected chi connectivity index (χ2v) is 5.12. The maximum absolute atomic E-state index is 13.4. The fraction of sp³-hybridized carbons (Fsp3) is 0.364. The number of ketones is 1. The highest BCUT2D eigenvalue weighted by atomic mass is 32.2. The van der Waals surface area contributed by atoms with Crippen LogP contribution in [0.15, 0.2) is 0 Å². The van der Waals surface area contributed by atoms with Gasteiger partial charge in [0.05, 0.1) is 10.8 Å². The average molecular weight is 282 g/mol. The molecule has 1 aromatic rings. The number of Topliss-reactive ketones (excluding diaryl/α,β-unsaturated/α-hetero) is 1. The molecule has 1 aliphatic heterocycles. The fourth-order valence-electron chi connectivity index (χ4n) is 1.77. The van der Waals surface area contributed by atoms with Gasteiger partial charge in [0.15, 0.2) is 29.1 Å². The van der Waals surface area contributed by atoms with E-state index in [-0.39, 0.29) is 0 Å². The second kappa shape index (κ2) is 4.87. The van der Waals surface area contributed by atoms with Gasteiger partial charge in [-0.2, -0.15) is 11.8 Å². The van der Waals surface area contributed by atoms with Crippen LogP contribution in [0.1, 0.15) is 23.2 Å². The molecule has 1 heterocycles. The standard InChI is InChI=1S/C11H7F5OS/c12-6-5(11(17)4-2-1-3-18-4)7(13)9(15)10(16)8(6)14/h4H,1-3H2. The number of carbonyl (C=O) groups is 1. The van der Waals surface area contributed by atoms with Gasteiger partial charge < -0.3 is 0 Å². The number of benzene rings is 1. The van der Waals surface area contributed by atoms with Crippen molar-refractivity contribution in [2.45, 2.75) is 18.1 Å². The summed E-state index contributed by atoms with van der Waals surface area (Å²) in [5.41, 5.74) is -1.33. The number of carbonyl (C=O) groups excluding carboxylic acids is 1. The molecule has 0 N–H and O–H groups in total. The largest absolute Gasteiger partial charge is 0.293 e. The van der Waals surface area contributed by atoms with E-state index in [0.29, 0.717) is 18.6 Å². The van der Waals surface area contributed by atoms with E-state index < -0.39 is 45.7 Å². The zero-order valence-corrected chi connectivity index (χ0v) is 9.72. The molecule has 0 aliphatic carbocycles. The molecule has 0 spiro atoms. The molecule has 1 saturated heterocycles. The summed E-state index contributed by atoms with van der Waals surface area (Å²) in [7, 11) is 0. The molecule has 1 fully saturated rings. The molecule has 18 heavy (non-hydrogen) atoms. The van der Waals surface area contributed by atoms with Crippen molar-refractivity contribution in [3.05, 3.63) is 34.6 Å². The lowest BCUT2D eigenvalue weighted by Gasteiger charge is -2.10. The van der Waals surface area contributed by atoms with Crippen molar-refractivity contribution in [1.82, 2.24) is 0 Å². The van der Waals surface area contributed by atoms with Crippen LogP contribution in [-0.2, 0) is 0 Å². The first-order valence-electron chi connectivity index (χ1n) is 5.12. The van der Waals surface area contributed by atoms with Crippen LogP contribution in [0.3, 0.4) is 0 Å². The lowest BCUT2D eigenvalue weighted by molar-refractivity contribution is 0.0977. The molecule has 1 aliphatic rings. The van der Waals surface area contributed by atoms with Crippen molar-refractivity contribution in [2.75, 3.05) is 5.75 Å². The van der Waals surface area contributed by atoms with Crippen molar-refractivity contribution in [3.63, 3.8) is 0 Å². The summed E-state index contributed by atoms with van der Waals surface area (Å²) < 4.78 is 65.4. The van der Waals surface area contributed by atoms with E-state index in [0.717, 1.165) is 11.8 Å². The molecule has 0 saturated carbocycles. The van der Waals surface area contributed by atoms with Crippen molar-refractivity contribution >= 4 is 17.5 Å². The minimum absolute atomic E-state index is 0.378. The monoisotopic (exact) mass is 282 g/mol. The Hall–Kier alpha value is -1.11. The average Bonchev–Trinajstić information content (AvgIpc) is 2.88. The highest BCUT2D eigenvalue weighted by Crippen LogP contribution is 2.32. The number of halogens is 5. The zero-order chi connectivity index (χ0) is 13.4. The Morgan fingerprint density at radius 2 is 1.44 bits per heavy atom. The van der Waals surface area contributed by atoms with E-state index in [4.69, 9.17) is 0 Å². The highest BCUT2D eigenvalue weighted by molar-refractivity contribution is 8.00. The van der Waals surface area contributed by atoms with Crippen LogP contribution in [0, 0.1) is 29.1 Å². The van der Waals surface area contributed by atoms with Crippen LogP contribution in [0.4, 0.5) is 22.0 Å². The Morgan fingerprint density at radius 3 is 1.89 bits per heavy atom. The maximum Gasteiger partial charge on any atom is 0.200 e. The van der Waals surface area contributed by atoms with E-state index in [2.05, 4.69) is 0 Å². The first-order chi connectivity index (χ1) is 8.45. The number of thioether (sulfide) groups is 1. The third-order valence-corrected chi connectivity index (χ3v) is 4.05. The molecule has 0 aromatic heterocycles. The Morgan fingerprint density at radius 1 is 0.944 bits per heavy atom. The smallest absolute Gasteiger partial charge is 0.200 e. The van der Waals surface area contributed by atoms with E-state index >= 15 is 0 Å². The zero-order valence-electron chi connectivity index (χ0n) is 8.90. The summed E-state index contributed by atoms with van der Waals surface area (Å²) in [6.07, 6.45) is 1.06. The minimum atomic E-state index is -2.25. The van der Waals surface area contributed by atoms with E-state index in [1.807, 2.05) is 0 Å². The summed E-state index contributed by atoms with van der Waals surface area (Å²) in [5, 5.41) is -0.738. The fourth-order valence-corrected chi connectivity index (χ4v) is 2.99. The number of hydrogen-bond donors (Lipinski definition) is 0. The SMILES string of the molecule is O=C(c1c(F)c(F)c(F)c(F)c1F)C1CCCS1. The van der Waals surface area contributed by atoms with Gasteiger partial charge in [0.2, 0.25) is 5.82 Å². The molecular weight excluding hydrogens is 275 g/mol. The van der Waals surface area contributed by atoms with Gasteiger partial charge in [-0.3, -0.25) is 4.79 Å². The van der Waals surface area contributed by atoms with Crippen molar-refractivity contribution < 1.29 is 26.7 Å². The van der Waals surface area contributed by atoms with Gasteiger partial charge in [-0.1, -0.05) is 0 Å². The third kappa shape index (κ3) is 2.00. The molecule has 0 radical (unpaired) electrons. The lowest BCUT2D eigenvalue weighted by atomic mass is 10.0. The molecule has 0 amide bonds. The first kappa shape index (κ1) is 13.3. The molecule has 1 atom stereocenters. The summed E-state index contributed by atoms with van der Waals surface area (Å²) in [5.74, 6) is -10.9. The molecule has 1 unspecified atom stereocenters. The summed E-state index contributed by atoms with van der Waals surface area (Å²) >= 11 is 1.16. The Kier molecular flexibility index (Phi) is 3.61. The van der Waals surface area contributed by atoms with Crippen LogP contribution in [0.25, 0.3) is 0 Å². The summed E-state index contributed by atoms with van der Waals surface area (Å²) in [4.78, 5) is 11.7. The number of rotatable bonds is 2. The van der Waals surface area contributed by atoms with Gasteiger partial charge in [0, 0.05) is 0 Å². The van der Waals surface area contributed by atoms with Crippen LogP contribution in [0.5, 0.6) is 0 Å². The first-order valence-corrected chi connectivity index (χ1v) is 6.17. The third-order valence-electron chi connectivity index (χ3n) is 2.68. The molecular formula is C11H7F5OS. The molecule has 7 heteroatoms. The van der Waals surface area contributed by atoms with Crippen LogP contribution in [0.2, 0.25) is 0 Å². The van der Waals surface area contributed by atoms with Gasteiger partial charge >= 0.3 is 0 Å². The van der Waals surface area contributed by atoms with E-state index in [1.54, 1.807) is 0 Å². The molecule has 2 rings (SSSR count).